The second kappa shape index (κ2) is 5.81. The molecule has 0 aromatic heterocycles. The molecule has 0 N–H and O–H groups in total. The zero-order chi connectivity index (χ0) is 15.8. The zero-order valence-electron chi connectivity index (χ0n) is 14.3. The highest BCUT2D eigenvalue weighted by molar-refractivity contribution is 5.99. The number of Topliss-reactive ketones (excluding diaryl/α,β-unsaturated/α-hetero) is 1. The quantitative estimate of drug-likeness (QED) is 0.805. The molecule has 0 bridgehead atoms. The molecule has 3 rings (SSSR count). The van der Waals surface area contributed by atoms with Crippen LogP contribution in [0.5, 0.6) is 0 Å². The fraction of sp³-hybridized carbons (Fsp3) is 0.650. The van der Waals surface area contributed by atoms with Gasteiger partial charge in [0.2, 0.25) is 0 Å². The first-order valence-corrected chi connectivity index (χ1v) is 8.75. The standard InChI is InChI=1S/C20H29NO/c1-19(2,3)10-13-21-14-11-20(12-15-21)9-8-18(22)16-6-4-5-7-17(16)20/h4-7H,8-15H2,1-3H3. The molecule has 2 aliphatic rings. The second-order valence-corrected chi connectivity index (χ2v) is 8.40. The number of rotatable bonds is 2. The number of likely N-dealkylation sites (tertiary alicyclic amines) is 1. The molecule has 1 heterocycles. The van der Waals surface area contributed by atoms with Crippen molar-refractivity contribution in [2.75, 3.05) is 19.6 Å². The maximum atomic E-state index is 12.2. The highest BCUT2D eigenvalue weighted by Gasteiger charge is 2.41. The fourth-order valence-corrected chi connectivity index (χ4v) is 4.03. The van der Waals surface area contributed by atoms with E-state index in [2.05, 4.69) is 37.8 Å². The summed E-state index contributed by atoms with van der Waals surface area (Å²) in [6, 6.07) is 8.35. The summed E-state index contributed by atoms with van der Waals surface area (Å²) in [7, 11) is 0. The molecule has 22 heavy (non-hydrogen) atoms. The maximum absolute atomic E-state index is 12.2. The number of fused-ring (bicyclic) bond motifs is 2. The van der Waals surface area contributed by atoms with E-state index in [4.69, 9.17) is 0 Å². The third-order valence-corrected chi connectivity index (χ3v) is 5.62. The van der Waals surface area contributed by atoms with E-state index < -0.39 is 0 Å². The lowest BCUT2D eigenvalue weighted by Gasteiger charge is -2.45. The van der Waals surface area contributed by atoms with Crippen LogP contribution in [-0.4, -0.2) is 30.3 Å². The van der Waals surface area contributed by atoms with Crippen molar-refractivity contribution in [2.45, 2.75) is 58.3 Å². The first-order chi connectivity index (χ1) is 10.4. The average molecular weight is 299 g/mol. The van der Waals surface area contributed by atoms with Crippen molar-refractivity contribution in [2.24, 2.45) is 5.41 Å². The summed E-state index contributed by atoms with van der Waals surface area (Å²) < 4.78 is 0. The van der Waals surface area contributed by atoms with Gasteiger partial charge in [-0.25, -0.2) is 0 Å². The van der Waals surface area contributed by atoms with Gasteiger partial charge in [-0.15, -0.1) is 0 Å². The lowest BCUT2D eigenvalue weighted by atomic mass is 9.64. The Kier molecular flexibility index (Phi) is 4.15. The average Bonchev–Trinajstić information content (AvgIpc) is 2.50. The lowest BCUT2D eigenvalue weighted by Crippen LogP contribution is -2.45. The molecule has 1 aromatic rings. The molecular formula is C20H29NO. The molecule has 0 amide bonds. The van der Waals surface area contributed by atoms with Crippen molar-refractivity contribution in [1.29, 1.82) is 0 Å². The van der Waals surface area contributed by atoms with Crippen LogP contribution in [0, 0.1) is 5.41 Å². The molecule has 0 atom stereocenters. The van der Waals surface area contributed by atoms with Gasteiger partial charge in [-0.3, -0.25) is 4.79 Å². The van der Waals surface area contributed by atoms with E-state index in [0.29, 0.717) is 11.2 Å². The van der Waals surface area contributed by atoms with Gasteiger partial charge in [0.15, 0.2) is 5.78 Å². The van der Waals surface area contributed by atoms with Gasteiger partial charge in [-0.2, -0.15) is 0 Å². The minimum absolute atomic E-state index is 0.267. The minimum atomic E-state index is 0.267. The Balaban J connectivity index is 1.70. The van der Waals surface area contributed by atoms with Crippen LogP contribution in [0.1, 0.15) is 68.8 Å². The van der Waals surface area contributed by atoms with E-state index in [1.807, 2.05) is 12.1 Å². The maximum Gasteiger partial charge on any atom is 0.163 e. The highest BCUT2D eigenvalue weighted by atomic mass is 16.1. The van der Waals surface area contributed by atoms with Gasteiger partial charge >= 0.3 is 0 Å². The van der Waals surface area contributed by atoms with E-state index in [-0.39, 0.29) is 5.41 Å². The number of hydrogen-bond donors (Lipinski definition) is 0. The third-order valence-electron chi connectivity index (χ3n) is 5.62. The van der Waals surface area contributed by atoms with Crippen molar-refractivity contribution in [3.63, 3.8) is 0 Å². The number of carbonyl (C=O) groups excluding carboxylic acids is 1. The fourth-order valence-electron chi connectivity index (χ4n) is 4.03. The molecule has 2 nitrogen and oxygen atoms in total. The Bertz CT molecular complexity index is 547. The van der Waals surface area contributed by atoms with Crippen LogP contribution in [0.2, 0.25) is 0 Å². The van der Waals surface area contributed by atoms with Gasteiger partial charge in [0.1, 0.15) is 0 Å². The summed E-state index contributed by atoms with van der Waals surface area (Å²) in [5.41, 5.74) is 3.01. The number of benzene rings is 1. The third kappa shape index (κ3) is 3.12. The zero-order valence-corrected chi connectivity index (χ0v) is 14.3. The number of ketones is 1. The molecule has 2 heteroatoms. The number of hydrogen-bond acceptors (Lipinski definition) is 2. The highest BCUT2D eigenvalue weighted by Crippen LogP contribution is 2.44. The Morgan fingerprint density at radius 3 is 2.45 bits per heavy atom. The van der Waals surface area contributed by atoms with E-state index in [1.54, 1.807) is 0 Å². The molecule has 1 aromatic carbocycles. The topological polar surface area (TPSA) is 20.3 Å². The Morgan fingerprint density at radius 2 is 1.77 bits per heavy atom. The van der Waals surface area contributed by atoms with Crippen LogP contribution < -0.4 is 0 Å². The van der Waals surface area contributed by atoms with Crippen LogP contribution in [0.4, 0.5) is 0 Å². The van der Waals surface area contributed by atoms with Crippen molar-refractivity contribution in [3.05, 3.63) is 35.4 Å². The summed E-state index contributed by atoms with van der Waals surface area (Å²) in [6.45, 7) is 10.5. The number of carbonyl (C=O) groups is 1. The Labute approximate surface area is 134 Å². The molecule has 1 aliphatic heterocycles. The second-order valence-electron chi connectivity index (χ2n) is 8.40. The van der Waals surface area contributed by atoms with E-state index in [9.17, 15) is 4.79 Å². The summed E-state index contributed by atoms with van der Waals surface area (Å²) in [6.07, 6.45) is 5.47. The van der Waals surface area contributed by atoms with E-state index in [1.165, 1.54) is 44.5 Å². The largest absolute Gasteiger partial charge is 0.303 e. The summed E-state index contributed by atoms with van der Waals surface area (Å²) in [5.74, 6) is 0.344. The van der Waals surface area contributed by atoms with Crippen LogP contribution in [0.25, 0.3) is 0 Å². The normalized spacial score (nSPS) is 21.9. The van der Waals surface area contributed by atoms with Crippen molar-refractivity contribution in [3.8, 4) is 0 Å². The molecule has 1 spiro atoms. The molecule has 1 fully saturated rings. The van der Waals surface area contributed by atoms with Crippen molar-refractivity contribution >= 4 is 5.78 Å². The predicted octanol–water partition coefficient (Wildman–Crippen LogP) is 4.43. The van der Waals surface area contributed by atoms with Gasteiger partial charge in [0.05, 0.1) is 0 Å². The van der Waals surface area contributed by atoms with E-state index >= 15 is 0 Å². The van der Waals surface area contributed by atoms with Crippen LogP contribution >= 0.6 is 0 Å². The summed E-state index contributed by atoms with van der Waals surface area (Å²) in [5, 5.41) is 0. The van der Waals surface area contributed by atoms with Gasteiger partial charge in [-0.1, -0.05) is 45.0 Å². The lowest BCUT2D eigenvalue weighted by molar-refractivity contribution is 0.0898. The smallest absolute Gasteiger partial charge is 0.163 e. The van der Waals surface area contributed by atoms with Gasteiger partial charge in [0, 0.05) is 12.0 Å². The summed E-state index contributed by atoms with van der Waals surface area (Å²) >= 11 is 0. The molecule has 1 saturated heterocycles. The predicted molar refractivity (Wildman–Crippen MR) is 91.4 cm³/mol. The van der Waals surface area contributed by atoms with Gasteiger partial charge < -0.3 is 4.90 Å². The Hall–Kier alpha value is -1.15. The van der Waals surface area contributed by atoms with Crippen LogP contribution in [-0.2, 0) is 5.41 Å². The van der Waals surface area contributed by atoms with Crippen LogP contribution in [0.15, 0.2) is 24.3 Å². The van der Waals surface area contributed by atoms with Crippen molar-refractivity contribution < 1.29 is 4.79 Å². The Morgan fingerprint density at radius 1 is 1.09 bits per heavy atom. The summed E-state index contributed by atoms with van der Waals surface area (Å²) in [4.78, 5) is 14.8. The molecule has 0 unspecified atom stereocenters. The molecule has 0 saturated carbocycles. The molecule has 0 radical (unpaired) electrons. The van der Waals surface area contributed by atoms with E-state index in [0.717, 1.165) is 18.4 Å². The van der Waals surface area contributed by atoms with Crippen LogP contribution in [0.3, 0.4) is 0 Å². The van der Waals surface area contributed by atoms with Gasteiger partial charge in [0.25, 0.3) is 0 Å². The molecule has 120 valence electrons. The van der Waals surface area contributed by atoms with Gasteiger partial charge in [-0.05, 0) is 61.7 Å². The molecular weight excluding hydrogens is 270 g/mol. The first kappa shape index (κ1) is 15.7. The minimum Gasteiger partial charge on any atom is -0.303 e. The van der Waals surface area contributed by atoms with Crippen molar-refractivity contribution in [1.82, 2.24) is 4.90 Å². The number of piperidine rings is 1. The SMILES string of the molecule is CC(C)(C)CCN1CCC2(CCC(=O)c3ccccc32)CC1. The first-order valence-electron chi connectivity index (χ1n) is 8.75. The monoisotopic (exact) mass is 299 g/mol. The molecule has 1 aliphatic carbocycles. The number of nitrogens with zero attached hydrogens (tertiary/aromatic N) is 1.